The molecule has 2 aromatic rings. The quantitative estimate of drug-likeness (QED) is 0.593. The van der Waals surface area contributed by atoms with E-state index in [9.17, 15) is 0 Å². The number of hydrogen-bond acceptors (Lipinski definition) is 8. The van der Waals surface area contributed by atoms with E-state index in [0.717, 1.165) is 25.2 Å². The van der Waals surface area contributed by atoms with Gasteiger partial charge in [0.25, 0.3) is 5.88 Å². The van der Waals surface area contributed by atoms with Gasteiger partial charge in [-0.25, -0.2) is 9.51 Å². The molecule has 0 spiro atoms. The van der Waals surface area contributed by atoms with Crippen LogP contribution in [0, 0.1) is 5.41 Å². The minimum atomic E-state index is -0.483. The van der Waals surface area contributed by atoms with Crippen molar-refractivity contribution in [2.24, 2.45) is 10.7 Å². The molecular formula is C22H30N6O3. The van der Waals surface area contributed by atoms with E-state index >= 15 is 0 Å². The highest BCUT2D eigenvalue weighted by Crippen LogP contribution is 2.33. The zero-order valence-corrected chi connectivity index (χ0v) is 17.7. The van der Waals surface area contributed by atoms with Gasteiger partial charge >= 0.3 is 0 Å². The molecule has 1 fully saturated rings. The molecule has 31 heavy (non-hydrogen) atoms. The molecule has 9 heteroatoms. The molecule has 0 aromatic carbocycles. The first kappa shape index (κ1) is 21.5. The van der Waals surface area contributed by atoms with Crippen molar-refractivity contribution >= 4 is 22.6 Å². The molecule has 0 saturated carbocycles. The summed E-state index contributed by atoms with van der Waals surface area (Å²) in [4.78, 5) is 7.23. The summed E-state index contributed by atoms with van der Waals surface area (Å²) < 4.78 is 13.4. The Bertz CT molecular complexity index is 977. The van der Waals surface area contributed by atoms with Gasteiger partial charge in [0, 0.05) is 19.2 Å². The zero-order chi connectivity index (χ0) is 21.6. The molecule has 1 atom stereocenters. The summed E-state index contributed by atoms with van der Waals surface area (Å²) in [5.74, 6) is 0.469. The predicted octanol–water partition coefficient (Wildman–Crippen LogP) is 1.92. The first-order chi connectivity index (χ1) is 15.2. The van der Waals surface area contributed by atoms with Crippen molar-refractivity contribution in [3.63, 3.8) is 0 Å². The number of likely N-dealkylation sites (tertiary alicyclic amines) is 1. The van der Waals surface area contributed by atoms with Gasteiger partial charge in [0.15, 0.2) is 5.69 Å². The van der Waals surface area contributed by atoms with Crippen molar-refractivity contribution < 1.29 is 14.6 Å². The monoisotopic (exact) mass is 426 g/mol. The first-order valence-corrected chi connectivity index (χ1v) is 10.8. The van der Waals surface area contributed by atoms with Crippen LogP contribution in [-0.2, 0) is 4.74 Å². The van der Waals surface area contributed by atoms with E-state index in [2.05, 4.69) is 10.00 Å². The summed E-state index contributed by atoms with van der Waals surface area (Å²) in [7, 11) is 0. The maximum atomic E-state index is 9.04. The predicted molar refractivity (Wildman–Crippen MR) is 120 cm³/mol. The van der Waals surface area contributed by atoms with E-state index in [1.54, 1.807) is 10.6 Å². The van der Waals surface area contributed by atoms with Crippen molar-refractivity contribution in [3.05, 3.63) is 36.2 Å². The average molecular weight is 427 g/mol. The van der Waals surface area contributed by atoms with Crippen LogP contribution in [0.1, 0.15) is 25.7 Å². The summed E-state index contributed by atoms with van der Waals surface area (Å²) in [6, 6.07) is 5.78. The Labute approximate surface area is 181 Å². The van der Waals surface area contributed by atoms with Gasteiger partial charge in [0.05, 0.1) is 35.9 Å². The van der Waals surface area contributed by atoms with Crippen molar-refractivity contribution in [3.8, 4) is 5.88 Å². The summed E-state index contributed by atoms with van der Waals surface area (Å²) in [5.41, 5.74) is 8.96. The van der Waals surface area contributed by atoms with E-state index in [0.29, 0.717) is 36.0 Å². The molecule has 2 aromatic heterocycles. The van der Waals surface area contributed by atoms with Crippen molar-refractivity contribution in [1.29, 1.82) is 5.41 Å². The standard InChI is InChI=1S/C22H30N6O3/c23-16-14-17(24)20(30-13-11-29)15-18(16)25-21-19-6-2-5-9-28(19)26-22(21)31-12-10-27-7-3-1-4-8-27/h2,5-6,9,14,20,24,29H,1,3-4,7-8,10-13,15,23H2/b24-17?,25-18+. The Morgan fingerprint density at radius 2 is 2.06 bits per heavy atom. The van der Waals surface area contributed by atoms with Gasteiger partial charge in [-0.3, -0.25) is 4.90 Å². The van der Waals surface area contributed by atoms with E-state index in [4.69, 9.17) is 30.7 Å². The molecule has 3 heterocycles. The minimum Gasteiger partial charge on any atom is -0.474 e. The lowest BCUT2D eigenvalue weighted by atomic mass is 9.98. The van der Waals surface area contributed by atoms with Crippen LogP contribution in [0.25, 0.3) is 5.52 Å². The number of pyridine rings is 1. The van der Waals surface area contributed by atoms with E-state index in [1.807, 2.05) is 24.4 Å². The Balaban J connectivity index is 1.57. The van der Waals surface area contributed by atoms with Crippen LogP contribution >= 0.6 is 0 Å². The summed E-state index contributed by atoms with van der Waals surface area (Å²) in [6.07, 6.45) is 7.09. The van der Waals surface area contributed by atoms with E-state index in [-0.39, 0.29) is 18.9 Å². The van der Waals surface area contributed by atoms with Gasteiger partial charge in [-0.15, -0.1) is 5.10 Å². The first-order valence-electron chi connectivity index (χ1n) is 10.8. The van der Waals surface area contributed by atoms with Crippen LogP contribution in [-0.4, -0.2) is 76.6 Å². The van der Waals surface area contributed by atoms with Crippen molar-refractivity contribution in [2.75, 3.05) is 39.5 Å². The number of rotatable bonds is 8. The van der Waals surface area contributed by atoms with Gasteiger partial charge < -0.3 is 25.7 Å². The fourth-order valence-electron chi connectivity index (χ4n) is 3.96. The minimum absolute atomic E-state index is 0.0987. The fraction of sp³-hybridized carbons (Fsp3) is 0.500. The molecule has 1 aliphatic heterocycles. The molecule has 4 rings (SSSR count). The zero-order valence-electron chi connectivity index (χ0n) is 17.7. The molecular weight excluding hydrogens is 396 g/mol. The largest absolute Gasteiger partial charge is 0.474 e. The number of nitrogens with two attached hydrogens (primary N) is 1. The molecule has 9 nitrogen and oxygen atoms in total. The number of piperidine rings is 1. The SMILES string of the molecule is N=C1C=C(N)/C(=N/c2c(OCCN3CCCCC3)nn3ccccc23)CC1OCCO. The second-order valence-electron chi connectivity index (χ2n) is 7.84. The van der Waals surface area contributed by atoms with Crippen molar-refractivity contribution in [1.82, 2.24) is 14.5 Å². The van der Waals surface area contributed by atoms with Crippen LogP contribution in [0.5, 0.6) is 5.88 Å². The van der Waals surface area contributed by atoms with E-state index < -0.39 is 6.10 Å². The van der Waals surface area contributed by atoms with Gasteiger partial charge in [-0.05, 0) is 44.1 Å². The number of aromatic nitrogens is 2. The lowest BCUT2D eigenvalue weighted by Crippen LogP contribution is -2.34. The highest BCUT2D eigenvalue weighted by Gasteiger charge is 2.25. The Kier molecular flexibility index (Phi) is 6.96. The molecule has 1 unspecified atom stereocenters. The fourth-order valence-corrected chi connectivity index (χ4v) is 3.96. The average Bonchev–Trinajstić information content (AvgIpc) is 3.13. The van der Waals surface area contributed by atoms with Crippen molar-refractivity contribution in [2.45, 2.75) is 31.8 Å². The third kappa shape index (κ3) is 5.12. The van der Waals surface area contributed by atoms with Gasteiger partial charge in [-0.2, -0.15) is 0 Å². The van der Waals surface area contributed by atoms with Crippen LogP contribution in [0.2, 0.25) is 0 Å². The molecule has 166 valence electrons. The van der Waals surface area contributed by atoms with Gasteiger partial charge in [-0.1, -0.05) is 12.5 Å². The number of hydrogen-bond donors (Lipinski definition) is 3. The molecule has 2 aliphatic rings. The lowest BCUT2D eigenvalue weighted by molar-refractivity contribution is 0.0677. The Morgan fingerprint density at radius 3 is 2.87 bits per heavy atom. The molecule has 0 bridgehead atoms. The number of fused-ring (bicyclic) bond motifs is 1. The number of aliphatic hydroxyl groups excluding tert-OH is 1. The maximum absolute atomic E-state index is 9.04. The number of nitrogens with zero attached hydrogens (tertiary/aromatic N) is 4. The Morgan fingerprint density at radius 1 is 1.23 bits per heavy atom. The normalized spacial score (nSPS) is 21.6. The molecule has 1 aliphatic carbocycles. The molecule has 0 amide bonds. The maximum Gasteiger partial charge on any atom is 0.260 e. The molecule has 1 saturated heterocycles. The second-order valence-corrected chi connectivity index (χ2v) is 7.84. The van der Waals surface area contributed by atoms with E-state index in [1.165, 1.54) is 19.3 Å². The Hall–Kier alpha value is -2.75. The molecule has 0 radical (unpaired) electrons. The third-order valence-corrected chi connectivity index (χ3v) is 5.60. The van der Waals surface area contributed by atoms with Crippen LogP contribution in [0.3, 0.4) is 0 Å². The van der Waals surface area contributed by atoms with Gasteiger partial charge in [0.1, 0.15) is 12.7 Å². The summed E-state index contributed by atoms with van der Waals surface area (Å²) in [6.45, 7) is 3.70. The number of nitrogens with one attached hydrogen (secondary N) is 1. The van der Waals surface area contributed by atoms with Crippen LogP contribution < -0.4 is 10.5 Å². The molecule has 4 N–H and O–H groups in total. The number of ether oxygens (including phenoxy) is 2. The van der Waals surface area contributed by atoms with Crippen LogP contribution in [0.4, 0.5) is 5.69 Å². The highest BCUT2D eigenvalue weighted by molar-refractivity contribution is 6.14. The van der Waals surface area contributed by atoms with Crippen LogP contribution in [0.15, 0.2) is 41.2 Å². The highest BCUT2D eigenvalue weighted by atomic mass is 16.5. The smallest absolute Gasteiger partial charge is 0.260 e. The lowest BCUT2D eigenvalue weighted by Gasteiger charge is -2.26. The topological polar surface area (TPSA) is 121 Å². The number of aliphatic hydroxyl groups is 1. The summed E-state index contributed by atoms with van der Waals surface area (Å²) in [5, 5.41) is 21.7. The van der Waals surface area contributed by atoms with Gasteiger partial charge in [0.2, 0.25) is 0 Å². The number of allylic oxidation sites excluding steroid dienone is 1. The third-order valence-electron chi connectivity index (χ3n) is 5.60. The summed E-state index contributed by atoms with van der Waals surface area (Å²) >= 11 is 0. The second kappa shape index (κ2) is 10.0. The number of aliphatic imine (C=N–C) groups is 1.